The third-order valence-corrected chi connectivity index (χ3v) is 4.99. The molecular weight excluding hydrogens is 350 g/mol. The molecule has 142 valence electrons. The van der Waals surface area contributed by atoms with Crippen molar-refractivity contribution in [1.29, 1.82) is 0 Å². The largest absolute Gasteiger partial charge is 0.497 e. The zero-order valence-corrected chi connectivity index (χ0v) is 16.2. The average molecular weight is 373 g/mol. The molecule has 0 spiro atoms. The number of nitrogens with one attached hydrogen (secondary N) is 1. The van der Waals surface area contributed by atoms with Gasteiger partial charge in [-0.05, 0) is 55.2 Å². The highest BCUT2D eigenvalue weighted by Gasteiger charge is 2.22. The van der Waals surface area contributed by atoms with Crippen molar-refractivity contribution in [3.05, 3.63) is 71.0 Å². The van der Waals surface area contributed by atoms with Gasteiger partial charge in [0.05, 0.1) is 24.2 Å². The number of anilines is 1. The summed E-state index contributed by atoms with van der Waals surface area (Å²) in [6, 6.07) is 15.3. The van der Waals surface area contributed by atoms with Gasteiger partial charge in [0.25, 0.3) is 5.91 Å². The predicted octanol–water partition coefficient (Wildman–Crippen LogP) is 4.46. The first-order valence-electron chi connectivity index (χ1n) is 9.63. The topological polar surface area (TPSA) is 64.1 Å². The van der Waals surface area contributed by atoms with Crippen molar-refractivity contribution in [2.24, 2.45) is 0 Å². The van der Waals surface area contributed by atoms with Gasteiger partial charge in [-0.2, -0.15) is 0 Å². The Balaban J connectivity index is 1.72. The number of fused-ring (bicyclic) bond motifs is 3. The molecule has 1 aliphatic rings. The molecule has 28 heavy (non-hydrogen) atoms. The number of hydrogen-bond acceptors (Lipinski definition) is 4. The van der Waals surface area contributed by atoms with E-state index in [0.29, 0.717) is 11.4 Å². The molecule has 0 radical (unpaired) electrons. The summed E-state index contributed by atoms with van der Waals surface area (Å²) >= 11 is 0. The van der Waals surface area contributed by atoms with Crippen molar-refractivity contribution in [2.75, 3.05) is 12.4 Å². The van der Waals surface area contributed by atoms with E-state index in [9.17, 15) is 4.79 Å². The second-order valence-electron chi connectivity index (χ2n) is 6.91. The van der Waals surface area contributed by atoms with Gasteiger partial charge in [0.15, 0.2) is 5.82 Å². The van der Waals surface area contributed by atoms with Gasteiger partial charge in [0.2, 0.25) is 0 Å². The number of benzene rings is 2. The minimum Gasteiger partial charge on any atom is -0.497 e. The van der Waals surface area contributed by atoms with Gasteiger partial charge in [-0.1, -0.05) is 31.5 Å². The Morgan fingerprint density at radius 3 is 2.68 bits per heavy atom. The van der Waals surface area contributed by atoms with Crippen LogP contribution in [0, 0.1) is 0 Å². The molecule has 0 saturated heterocycles. The number of amides is 1. The van der Waals surface area contributed by atoms with E-state index >= 15 is 0 Å². The summed E-state index contributed by atoms with van der Waals surface area (Å²) in [5.74, 6) is 1.27. The Bertz CT molecular complexity index is 1020. The second kappa shape index (κ2) is 7.80. The van der Waals surface area contributed by atoms with E-state index in [-0.39, 0.29) is 5.91 Å². The highest BCUT2D eigenvalue weighted by atomic mass is 16.5. The quantitative estimate of drug-likeness (QED) is 0.717. The highest BCUT2D eigenvalue weighted by Crippen LogP contribution is 2.35. The molecule has 3 aromatic rings. The first-order valence-corrected chi connectivity index (χ1v) is 9.63. The number of aromatic nitrogens is 2. The van der Waals surface area contributed by atoms with Crippen LogP contribution in [0.3, 0.4) is 0 Å². The van der Waals surface area contributed by atoms with E-state index in [1.165, 1.54) is 5.56 Å². The maximum absolute atomic E-state index is 12.6. The molecule has 1 N–H and O–H groups in total. The van der Waals surface area contributed by atoms with Crippen molar-refractivity contribution < 1.29 is 9.53 Å². The molecule has 5 nitrogen and oxygen atoms in total. The standard InChI is InChI=1S/C23H23N3O2/c1-3-7-20-22(26-23(27)15-8-5-4-6-9-15)25-19-13-10-16-14-17(28-2)11-12-18(16)21(19)24-20/h4-6,8-9,11-12,14H,3,7,10,13H2,1-2H3,(H,25,26,27). The lowest BCUT2D eigenvalue weighted by molar-refractivity contribution is 0.102. The van der Waals surface area contributed by atoms with Crippen LogP contribution in [0.5, 0.6) is 5.75 Å². The van der Waals surface area contributed by atoms with Crippen molar-refractivity contribution in [1.82, 2.24) is 9.97 Å². The van der Waals surface area contributed by atoms with Crippen LogP contribution in [0.25, 0.3) is 11.3 Å². The summed E-state index contributed by atoms with van der Waals surface area (Å²) in [4.78, 5) is 22.4. The molecule has 0 saturated carbocycles. The molecule has 0 atom stereocenters. The van der Waals surface area contributed by atoms with Crippen molar-refractivity contribution in [3.8, 4) is 17.0 Å². The summed E-state index contributed by atoms with van der Waals surface area (Å²) < 4.78 is 5.35. The molecule has 4 rings (SSSR count). The Hall–Kier alpha value is -3.21. The molecule has 1 heterocycles. The molecule has 1 aromatic heterocycles. The molecule has 0 fully saturated rings. The van der Waals surface area contributed by atoms with Gasteiger partial charge in [0, 0.05) is 11.1 Å². The van der Waals surface area contributed by atoms with Crippen LogP contribution in [0.1, 0.15) is 40.7 Å². The smallest absolute Gasteiger partial charge is 0.256 e. The van der Waals surface area contributed by atoms with Crippen LogP contribution in [0.15, 0.2) is 48.5 Å². The van der Waals surface area contributed by atoms with E-state index in [1.54, 1.807) is 19.2 Å². The number of rotatable bonds is 5. The molecule has 0 aliphatic heterocycles. The number of carbonyl (C=O) groups excluding carboxylic acids is 1. The van der Waals surface area contributed by atoms with Crippen LogP contribution >= 0.6 is 0 Å². The molecule has 2 aromatic carbocycles. The molecule has 0 bridgehead atoms. The van der Waals surface area contributed by atoms with Gasteiger partial charge in [-0.3, -0.25) is 4.79 Å². The number of hydrogen-bond donors (Lipinski definition) is 1. The SMILES string of the molecule is CCCc1nc2c(nc1NC(=O)c1ccccc1)CCc1cc(OC)ccc1-2. The van der Waals surface area contributed by atoms with Crippen LogP contribution < -0.4 is 10.1 Å². The van der Waals surface area contributed by atoms with Crippen molar-refractivity contribution in [2.45, 2.75) is 32.6 Å². The number of methoxy groups -OCH3 is 1. The maximum atomic E-state index is 12.6. The van der Waals surface area contributed by atoms with Crippen LogP contribution in [-0.2, 0) is 19.3 Å². The number of ether oxygens (including phenoxy) is 1. The normalized spacial score (nSPS) is 12.1. The number of aryl methyl sites for hydroxylation is 3. The van der Waals surface area contributed by atoms with Gasteiger partial charge in [-0.15, -0.1) is 0 Å². The Morgan fingerprint density at radius 1 is 1.11 bits per heavy atom. The van der Waals surface area contributed by atoms with E-state index < -0.39 is 0 Å². The third-order valence-electron chi connectivity index (χ3n) is 4.99. The lowest BCUT2D eigenvalue weighted by Gasteiger charge is -2.21. The summed E-state index contributed by atoms with van der Waals surface area (Å²) in [6.07, 6.45) is 3.36. The molecular formula is C23H23N3O2. The van der Waals surface area contributed by atoms with Crippen molar-refractivity contribution >= 4 is 11.7 Å². The summed E-state index contributed by atoms with van der Waals surface area (Å²) in [5, 5.41) is 2.97. The van der Waals surface area contributed by atoms with Crippen LogP contribution in [-0.4, -0.2) is 23.0 Å². The van der Waals surface area contributed by atoms with Gasteiger partial charge in [0.1, 0.15) is 5.75 Å². The van der Waals surface area contributed by atoms with Gasteiger partial charge >= 0.3 is 0 Å². The van der Waals surface area contributed by atoms with E-state index in [4.69, 9.17) is 14.7 Å². The fourth-order valence-electron chi connectivity index (χ4n) is 3.56. The van der Waals surface area contributed by atoms with E-state index in [0.717, 1.165) is 54.1 Å². The van der Waals surface area contributed by atoms with Crippen LogP contribution in [0.4, 0.5) is 5.82 Å². The minimum atomic E-state index is -0.159. The fraction of sp³-hybridized carbons (Fsp3) is 0.261. The summed E-state index contributed by atoms with van der Waals surface area (Å²) in [5.41, 5.74) is 5.62. The van der Waals surface area contributed by atoms with Gasteiger partial charge in [-0.25, -0.2) is 9.97 Å². The lowest BCUT2D eigenvalue weighted by atomic mass is 9.91. The molecule has 1 aliphatic carbocycles. The fourth-order valence-corrected chi connectivity index (χ4v) is 3.56. The lowest BCUT2D eigenvalue weighted by Crippen LogP contribution is -2.18. The first-order chi connectivity index (χ1) is 13.7. The third kappa shape index (κ3) is 3.48. The Morgan fingerprint density at radius 2 is 1.93 bits per heavy atom. The van der Waals surface area contributed by atoms with Crippen molar-refractivity contribution in [3.63, 3.8) is 0 Å². The molecule has 0 unspecified atom stereocenters. The average Bonchev–Trinajstić information content (AvgIpc) is 2.74. The minimum absolute atomic E-state index is 0.159. The Kier molecular flexibility index (Phi) is 5.06. The molecule has 5 heteroatoms. The van der Waals surface area contributed by atoms with E-state index in [2.05, 4.69) is 24.4 Å². The zero-order valence-electron chi connectivity index (χ0n) is 16.2. The highest BCUT2D eigenvalue weighted by molar-refractivity contribution is 6.04. The Labute approximate surface area is 164 Å². The summed E-state index contributed by atoms with van der Waals surface area (Å²) in [6.45, 7) is 2.10. The maximum Gasteiger partial charge on any atom is 0.256 e. The van der Waals surface area contributed by atoms with E-state index in [1.807, 2.05) is 24.3 Å². The monoisotopic (exact) mass is 373 g/mol. The summed E-state index contributed by atoms with van der Waals surface area (Å²) in [7, 11) is 1.68. The van der Waals surface area contributed by atoms with Crippen LogP contribution in [0.2, 0.25) is 0 Å². The number of carbonyl (C=O) groups is 1. The second-order valence-corrected chi connectivity index (χ2v) is 6.91. The zero-order chi connectivity index (χ0) is 19.5. The first kappa shape index (κ1) is 18.2. The van der Waals surface area contributed by atoms with Gasteiger partial charge < -0.3 is 10.1 Å². The number of nitrogens with zero attached hydrogens (tertiary/aromatic N) is 2. The molecule has 1 amide bonds. The predicted molar refractivity (Wildman–Crippen MR) is 110 cm³/mol.